The van der Waals surface area contributed by atoms with Crippen molar-refractivity contribution in [3.05, 3.63) is 141 Å². The number of rotatable bonds is 18. The molecule has 272 valence electrons. The van der Waals surface area contributed by atoms with Crippen molar-refractivity contribution in [2.45, 2.75) is 52.4 Å². The number of imidazole rings is 1. The Hall–Kier alpha value is -5.07. The standard InChI is InChI=1S/C37H38N4O10S/c1-2-3-6-35-38-22-31(20-30(21-34-5-4-19-52-34)37(43)51-33-17-11-28(12-18-33)25-49-41(46)47)39(35)23-26-7-13-29(14-8-26)36(42)50-32-15-9-27(10-16-32)24-48-40(44)45/h4-5,7-20,22,44-47H,2-3,6,21,23-25H2,1H3/b30-20+. The van der Waals surface area contributed by atoms with E-state index < -0.39 is 11.9 Å². The van der Waals surface area contributed by atoms with Crippen LogP contribution >= 0.6 is 11.3 Å². The molecule has 52 heavy (non-hydrogen) atoms. The van der Waals surface area contributed by atoms with Crippen molar-refractivity contribution < 1.29 is 49.6 Å². The Kier molecular flexibility index (Phi) is 13.9. The first-order valence-electron chi connectivity index (χ1n) is 16.3. The third kappa shape index (κ3) is 11.5. The molecule has 0 saturated heterocycles. The minimum absolute atomic E-state index is 0.0814. The maximum atomic E-state index is 13.6. The molecule has 0 aliphatic carbocycles. The summed E-state index contributed by atoms with van der Waals surface area (Å²) in [7, 11) is 0. The van der Waals surface area contributed by atoms with Crippen molar-refractivity contribution in [1.82, 2.24) is 20.3 Å². The lowest BCUT2D eigenvalue weighted by Gasteiger charge is -2.13. The van der Waals surface area contributed by atoms with Gasteiger partial charge < -0.3 is 14.0 Å². The Morgan fingerprint density at radius 3 is 1.96 bits per heavy atom. The van der Waals surface area contributed by atoms with Crippen molar-refractivity contribution in [2.75, 3.05) is 0 Å². The zero-order valence-electron chi connectivity index (χ0n) is 28.2. The summed E-state index contributed by atoms with van der Waals surface area (Å²) >= 11 is 1.54. The number of ether oxygens (including phenoxy) is 2. The minimum atomic E-state index is -0.538. The number of esters is 2. The summed E-state index contributed by atoms with van der Waals surface area (Å²) in [6.45, 7) is 2.37. The molecule has 0 aliphatic rings. The second kappa shape index (κ2) is 19.0. The molecule has 15 heteroatoms. The lowest BCUT2D eigenvalue weighted by atomic mass is 10.1. The van der Waals surface area contributed by atoms with Gasteiger partial charge in [-0.15, -0.1) is 11.3 Å². The maximum Gasteiger partial charge on any atom is 0.343 e. The van der Waals surface area contributed by atoms with Gasteiger partial charge in [-0.25, -0.2) is 24.2 Å². The molecule has 4 N–H and O–H groups in total. The van der Waals surface area contributed by atoms with E-state index in [1.807, 2.05) is 29.6 Å². The third-order valence-electron chi connectivity index (χ3n) is 7.74. The molecule has 0 spiro atoms. The number of benzene rings is 3. The van der Waals surface area contributed by atoms with E-state index in [1.54, 1.807) is 72.9 Å². The van der Waals surface area contributed by atoms with Crippen LogP contribution in [0.2, 0.25) is 0 Å². The summed E-state index contributed by atoms with van der Waals surface area (Å²) in [6.07, 6.45) is 6.55. The van der Waals surface area contributed by atoms with Crippen molar-refractivity contribution >= 4 is 29.4 Å². The van der Waals surface area contributed by atoms with Crippen molar-refractivity contribution in [2.24, 2.45) is 0 Å². The lowest BCUT2D eigenvalue weighted by Crippen LogP contribution is -2.15. The first-order chi connectivity index (χ1) is 25.2. The van der Waals surface area contributed by atoms with E-state index in [-0.39, 0.29) is 24.0 Å². The molecule has 0 fully saturated rings. The van der Waals surface area contributed by atoms with E-state index in [2.05, 4.69) is 21.2 Å². The fourth-order valence-electron chi connectivity index (χ4n) is 5.06. The number of aryl methyl sites for hydroxylation is 1. The molecule has 2 aromatic heterocycles. The molecule has 0 aliphatic heterocycles. The monoisotopic (exact) mass is 730 g/mol. The van der Waals surface area contributed by atoms with Crippen LogP contribution in [0.25, 0.3) is 6.08 Å². The number of hydrogen-bond donors (Lipinski definition) is 4. The fourth-order valence-corrected chi connectivity index (χ4v) is 5.79. The molecule has 14 nitrogen and oxygen atoms in total. The number of carbonyl (C=O) groups excluding carboxylic acids is 2. The quantitative estimate of drug-likeness (QED) is 0.0320. The largest absolute Gasteiger partial charge is 0.423 e. The summed E-state index contributed by atoms with van der Waals surface area (Å²) in [5.41, 5.74) is 3.69. The Balaban J connectivity index is 1.33. The van der Waals surface area contributed by atoms with Gasteiger partial charge in [0, 0.05) is 29.8 Å². The van der Waals surface area contributed by atoms with Crippen LogP contribution in [0.3, 0.4) is 0 Å². The molecule has 0 unspecified atom stereocenters. The van der Waals surface area contributed by atoms with E-state index >= 15 is 0 Å². The topological polar surface area (TPSA) is 176 Å². The lowest BCUT2D eigenvalue weighted by molar-refractivity contribution is -0.497. The Bertz CT molecular complexity index is 1910. The van der Waals surface area contributed by atoms with E-state index in [4.69, 9.17) is 35.3 Å². The van der Waals surface area contributed by atoms with Gasteiger partial charge in [0.15, 0.2) is 0 Å². The van der Waals surface area contributed by atoms with Gasteiger partial charge in [0.25, 0.3) is 0 Å². The molecular weight excluding hydrogens is 692 g/mol. The minimum Gasteiger partial charge on any atom is -0.423 e. The Morgan fingerprint density at radius 2 is 1.40 bits per heavy atom. The van der Waals surface area contributed by atoms with Gasteiger partial charge in [-0.3, -0.25) is 20.8 Å². The molecule has 5 rings (SSSR count). The van der Waals surface area contributed by atoms with Crippen molar-refractivity contribution in [3.8, 4) is 11.5 Å². The molecule has 0 atom stereocenters. The summed E-state index contributed by atoms with van der Waals surface area (Å²) in [5.74, 6) is 0.435. The van der Waals surface area contributed by atoms with Gasteiger partial charge in [0.05, 0.1) is 41.4 Å². The van der Waals surface area contributed by atoms with Crippen molar-refractivity contribution in [3.63, 3.8) is 0 Å². The Morgan fingerprint density at radius 1 is 0.808 bits per heavy atom. The van der Waals surface area contributed by atoms with Crippen LogP contribution in [-0.2, 0) is 47.1 Å². The predicted molar refractivity (Wildman–Crippen MR) is 186 cm³/mol. The number of aromatic nitrogens is 2. The van der Waals surface area contributed by atoms with E-state index in [0.29, 0.717) is 46.7 Å². The Labute approximate surface area is 303 Å². The van der Waals surface area contributed by atoms with Crippen LogP contribution in [-0.4, -0.2) is 53.1 Å². The van der Waals surface area contributed by atoms with Gasteiger partial charge in [-0.2, -0.15) is 0 Å². The SMILES string of the molecule is CCCCc1ncc(/C=C(\Cc2cccs2)C(=O)Oc2ccc(CON(O)O)cc2)n1Cc1ccc(C(=O)Oc2ccc(CON(O)O)cc2)cc1. The van der Waals surface area contributed by atoms with Crippen LogP contribution in [0, 0.1) is 0 Å². The summed E-state index contributed by atoms with van der Waals surface area (Å²) in [4.78, 5) is 41.4. The molecule has 3 aromatic carbocycles. The molecule has 0 amide bonds. The number of nitrogens with zero attached hydrogens (tertiary/aromatic N) is 4. The van der Waals surface area contributed by atoms with Crippen LogP contribution in [0.4, 0.5) is 0 Å². The summed E-state index contributed by atoms with van der Waals surface area (Å²) < 4.78 is 13.3. The molecule has 2 heterocycles. The molecular formula is C37H38N4O10S. The van der Waals surface area contributed by atoms with Crippen LogP contribution < -0.4 is 9.47 Å². The first kappa shape index (κ1) is 38.2. The van der Waals surface area contributed by atoms with Gasteiger partial charge >= 0.3 is 11.9 Å². The zero-order chi connectivity index (χ0) is 36.9. The van der Waals surface area contributed by atoms with Gasteiger partial charge in [0.2, 0.25) is 0 Å². The highest BCUT2D eigenvalue weighted by atomic mass is 32.1. The number of thiophene rings is 1. The molecule has 0 saturated carbocycles. The van der Waals surface area contributed by atoms with E-state index in [0.717, 1.165) is 41.2 Å². The molecule has 0 bridgehead atoms. The number of unbranched alkanes of at least 4 members (excludes halogenated alkanes) is 1. The van der Waals surface area contributed by atoms with Crippen LogP contribution in [0.1, 0.15) is 63.2 Å². The average Bonchev–Trinajstić information content (AvgIpc) is 3.79. The van der Waals surface area contributed by atoms with E-state index in [9.17, 15) is 9.59 Å². The second-order valence-electron chi connectivity index (χ2n) is 11.5. The van der Waals surface area contributed by atoms with Gasteiger partial charge in [-0.05, 0) is 77.0 Å². The number of carbonyl (C=O) groups is 2. The zero-order valence-corrected chi connectivity index (χ0v) is 29.0. The summed E-state index contributed by atoms with van der Waals surface area (Å²) in [5, 5.41) is 36.2. The fraction of sp³-hybridized carbons (Fsp3) is 0.216. The molecule has 5 aromatic rings. The van der Waals surface area contributed by atoms with Gasteiger partial charge in [0.1, 0.15) is 17.3 Å². The third-order valence-corrected chi connectivity index (χ3v) is 8.62. The smallest absolute Gasteiger partial charge is 0.343 e. The van der Waals surface area contributed by atoms with Crippen molar-refractivity contribution in [1.29, 1.82) is 0 Å². The highest BCUT2D eigenvalue weighted by molar-refractivity contribution is 7.09. The first-order valence-corrected chi connectivity index (χ1v) is 17.1. The maximum absolute atomic E-state index is 13.6. The highest BCUT2D eigenvalue weighted by Gasteiger charge is 2.18. The van der Waals surface area contributed by atoms with Crippen LogP contribution in [0.5, 0.6) is 11.5 Å². The summed E-state index contributed by atoms with van der Waals surface area (Å²) in [6, 6.07) is 23.9. The van der Waals surface area contributed by atoms with Gasteiger partial charge in [-0.1, -0.05) is 55.8 Å². The number of hydrogen-bond acceptors (Lipinski definition) is 14. The predicted octanol–water partition coefficient (Wildman–Crippen LogP) is 6.81. The average molecular weight is 731 g/mol. The second-order valence-corrected chi connectivity index (χ2v) is 12.6. The normalized spacial score (nSPS) is 11.7. The van der Waals surface area contributed by atoms with Crippen LogP contribution in [0.15, 0.2) is 102 Å². The molecule has 0 radical (unpaired) electrons. The van der Waals surface area contributed by atoms with E-state index in [1.165, 1.54) is 11.3 Å². The highest BCUT2D eigenvalue weighted by Crippen LogP contribution is 2.23.